The summed E-state index contributed by atoms with van der Waals surface area (Å²) in [6.07, 6.45) is 4.52. The highest BCUT2D eigenvalue weighted by Gasteiger charge is 2.42. The molecule has 35 heavy (non-hydrogen) atoms. The van der Waals surface area contributed by atoms with Crippen molar-refractivity contribution in [3.05, 3.63) is 80.6 Å². The monoisotopic (exact) mass is 535 g/mol. The van der Waals surface area contributed by atoms with E-state index in [0.717, 1.165) is 63.8 Å². The molecule has 1 aliphatic heterocycles. The fourth-order valence-corrected chi connectivity index (χ4v) is 5.78. The molecule has 0 radical (unpaired) electrons. The Balaban J connectivity index is 1.54. The average molecular weight is 536 g/mol. The minimum atomic E-state index is -0.337. The molecule has 0 fully saturated rings. The van der Waals surface area contributed by atoms with Crippen LogP contribution < -0.4 is 9.47 Å². The lowest BCUT2D eigenvalue weighted by atomic mass is 9.71. The Hall–Kier alpha value is -2.86. The van der Waals surface area contributed by atoms with E-state index in [1.807, 2.05) is 56.4 Å². The lowest BCUT2D eigenvalue weighted by Gasteiger charge is -2.42. The number of carbonyl (C=O) groups is 2. The summed E-state index contributed by atoms with van der Waals surface area (Å²) >= 11 is 3.46. The van der Waals surface area contributed by atoms with Gasteiger partial charge >= 0.3 is 0 Å². The number of rotatable bonds is 6. The number of ketones is 2. The van der Waals surface area contributed by atoms with Gasteiger partial charge in [0.2, 0.25) is 0 Å². The van der Waals surface area contributed by atoms with Crippen LogP contribution in [-0.2, 0) is 16.2 Å². The normalized spacial score (nSPS) is 18.5. The first-order valence-corrected chi connectivity index (χ1v) is 13.2. The van der Waals surface area contributed by atoms with Crippen LogP contribution in [0.5, 0.6) is 11.5 Å². The van der Waals surface area contributed by atoms with Crippen LogP contribution in [0.3, 0.4) is 0 Å². The SMILES string of the molecule is CCOc1cc(C2C3=C(CCCC3=O)N(C)C3=C2C(=O)CCC3)ccc1OCc1ccc(Br)cc1. The summed E-state index contributed by atoms with van der Waals surface area (Å²) in [4.78, 5) is 28.6. The van der Waals surface area contributed by atoms with E-state index in [1.165, 1.54) is 0 Å². The predicted octanol–water partition coefficient (Wildman–Crippen LogP) is 6.47. The molecule has 0 unspecified atom stereocenters. The summed E-state index contributed by atoms with van der Waals surface area (Å²) in [5.41, 5.74) is 5.71. The molecule has 0 atom stereocenters. The number of hydrogen-bond acceptors (Lipinski definition) is 5. The summed E-state index contributed by atoms with van der Waals surface area (Å²) in [6.45, 7) is 2.85. The smallest absolute Gasteiger partial charge is 0.161 e. The second kappa shape index (κ2) is 10.0. The lowest BCUT2D eigenvalue weighted by molar-refractivity contribution is -0.117. The first-order valence-electron chi connectivity index (χ1n) is 12.4. The van der Waals surface area contributed by atoms with Crippen molar-refractivity contribution in [2.45, 2.75) is 58.0 Å². The number of halogens is 1. The number of nitrogens with zero attached hydrogens (tertiary/aromatic N) is 1. The zero-order valence-electron chi connectivity index (χ0n) is 20.2. The quantitative estimate of drug-likeness (QED) is 0.424. The Labute approximate surface area is 214 Å². The molecule has 0 saturated heterocycles. The molecule has 3 aliphatic rings. The molecule has 5 nitrogen and oxygen atoms in total. The highest BCUT2D eigenvalue weighted by atomic mass is 79.9. The van der Waals surface area contributed by atoms with Gasteiger partial charge in [0.1, 0.15) is 6.61 Å². The maximum absolute atomic E-state index is 13.2. The van der Waals surface area contributed by atoms with Gasteiger partial charge in [-0.1, -0.05) is 34.1 Å². The molecule has 0 bridgehead atoms. The van der Waals surface area contributed by atoms with E-state index in [1.54, 1.807) is 0 Å². The van der Waals surface area contributed by atoms with Crippen LogP contribution in [-0.4, -0.2) is 30.1 Å². The van der Waals surface area contributed by atoms with Crippen molar-refractivity contribution >= 4 is 27.5 Å². The summed E-state index contributed by atoms with van der Waals surface area (Å²) < 4.78 is 13.1. The topological polar surface area (TPSA) is 55.8 Å². The molecule has 1 heterocycles. The number of Topliss-reactive ketones (excluding diaryl/α,β-unsaturated/α-hetero) is 2. The summed E-state index contributed by atoms with van der Waals surface area (Å²) in [5.74, 6) is 1.26. The van der Waals surface area contributed by atoms with Gasteiger partial charge in [0, 0.05) is 52.8 Å². The van der Waals surface area contributed by atoms with Gasteiger partial charge in [-0.2, -0.15) is 0 Å². The molecule has 0 aromatic heterocycles. The molecular weight excluding hydrogens is 506 g/mol. The van der Waals surface area contributed by atoms with Crippen molar-refractivity contribution in [2.24, 2.45) is 0 Å². The minimum absolute atomic E-state index is 0.154. The van der Waals surface area contributed by atoms with Crippen LogP contribution in [0.1, 0.15) is 62.5 Å². The predicted molar refractivity (Wildman–Crippen MR) is 138 cm³/mol. The van der Waals surface area contributed by atoms with Crippen molar-refractivity contribution in [2.75, 3.05) is 13.7 Å². The number of benzene rings is 2. The van der Waals surface area contributed by atoms with Crippen LogP contribution in [0.15, 0.2) is 69.5 Å². The summed E-state index contributed by atoms with van der Waals surface area (Å²) in [6, 6.07) is 13.9. The number of ether oxygens (including phenoxy) is 2. The van der Waals surface area contributed by atoms with Crippen LogP contribution in [0, 0.1) is 0 Å². The first kappa shape index (κ1) is 23.9. The Morgan fingerprint density at radius 3 is 2.09 bits per heavy atom. The van der Waals surface area contributed by atoms with E-state index in [9.17, 15) is 9.59 Å². The van der Waals surface area contributed by atoms with Gasteiger partial charge in [0.25, 0.3) is 0 Å². The summed E-state index contributed by atoms with van der Waals surface area (Å²) in [5, 5.41) is 0. The van der Waals surface area contributed by atoms with Crippen molar-refractivity contribution in [1.29, 1.82) is 0 Å². The standard InChI is InChI=1S/C29H30BrNO4/c1-3-34-26-16-19(12-15-25(26)35-17-18-10-13-20(30)14-11-18)27-28-21(6-4-8-23(28)32)31(2)22-7-5-9-24(33)29(22)27/h10-16,27H,3-9,17H2,1-2H3. The lowest BCUT2D eigenvalue weighted by Crippen LogP contribution is -2.37. The molecule has 2 aromatic carbocycles. The van der Waals surface area contributed by atoms with Crippen molar-refractivity contribution < 1.29 is 19.1 Å². The zero-order valence-corrected chi connectivity index (χ0v) is 21.8. The number of allylic oxidation sites excluding steroid dienone is 4. The molecule has 0 spiro atoms. The Kier molecular flexibility index (Phi) is 6.83. The van der Waals surface area contributed by atoms with E-state index in [0.29, 0.717) is 37.6 Å². The fraction of sp³-hybridized carbons (Fsp3) is 0.379. The highest BCUT2D eigenvalue weighted by molar-refractivity contribution is 9.10. The third kappa shape index (κ3) is 4.56. The molecule has 0 N–H and O–H groups in total. The van der Waals surface area contributed by atoms with Crippen LogP contribution in [0.2, 0.25) is 0 Å². The minimum Gasteiger partial charge on any atom is -0.490 e. The molecule has 2 aliphatic carbocycles. The van der Waals surface area contributed by atoms with Gasteiger partial charge in [0.15, 0.2) is 23.1 Å². The van der Waals surface area contributed by atoms with Gasteiger partial charge in [-0.05, 0) is 68.0 Å². The Bertz CT molecular complexity index is 1180. The molecule has 0 saturated carbocycles. The maximum Gasteiger partial charge on any atom is 0.161 e. The summed E-state index contributed by atoms with van der Waals surface area (Å²) in [7, 11) is 2.02. The molecule has 5 rings (SSSR count). The third-order valence-corrected chi connectivity index (χ3v) is 7.68. The largest absolute Gasteiger partial charge is 0.490 e. The van der Waals surface area contributed by atoms with Gasteiger partial charge in [-0.15, -0.1) is 0 Å². The van der Waals surface area contributed by atoms with E-state index < -0.39 is 0 Å². The Morgan fingerprint density at radius 2 is 1.49 bits per heavy atom. The zero-order chi connectivity index (χ0) is 24.5. The van der Waals surface area contributed by atoms with Crippen molar-refractivity contribution in [1.82, 2.24) is 4.90 Å². The van der Waals surface area contributed by atoms with Crippen LogP contribution in [0.25, 0.3) is 0 Å². The molecule has 0 amide bonds. The van der Waals surface area contributed by atoms with E-state index in [4.69, 9.17) is 9.47 Å². The number of hydrogen-bond donors (Lipinski definition) is 0. The Morgan fingerprint density at radius 1 is 0.857 bits per heavy atom. The first-order chi connectivity index (χ1) is 17.0. The van der Waals surface area contributed by atoms with Crippen LogP contribution in [0.4, 0.5) is 0 Å². The van der Waals surface area contributed by atoms with Crippen molar-refractivity contribution in [3.8, 4) is 11.5 Å². The van der Waals surface area contributed by atoms with Gasteiger partial charge in [0.05, 0.1) is 6.61 Å². The second-order valence-corrected chi connectivity index (χ2v) is 10.2. The maximum atomic E-state index is 13.2. The van der Waals surface area contributed by atoms with E-state index in [-0.39, 0.29) is 17.5 Å². The highest BCUT2D eigenvalue weighted by Crippen LogP contribution is 2.49. The molecule has 6 heteroatoms. The molecule has 2 aromatic rings. The van der Waals surface area contributed by atoms with Gasteiger partial charge < -0.3 is 14.4 Å². The van der Waals surface area contributed by atoms with Crippen molar-refractivity contribution in [3.63, 3.8) is 0 Å². The fourth-order valence-electron chi connectivity index (χ4n) is 5.52. The average Bonchev–Trinajstić information content (AvgIpc) is 2.86. The van der Waals surface area contributed by atoms with E-state index >= 15 is 0 Å². The second-order valence-electron chi connectivity index (χ2n) is 9.32. The van der Waals surface area contributed by atoms with Gasteiger partial charge in [-0.25, -0.2) is 0 Å². The van der Waals surface area contributed by atoms with E-state index in [2.05, 4.69) is 20.8 Å². The van der Waals surface area contributed by atoms with Gasteiger partial charge in [-0.3, -0.25) is 9.59 Å². The third-order valence-electron chi connectivity index (χ3n) is 7.15. The molecule has 182 valence electrons. The molecular formula is C29H30BrNO4. The van der Waals surface area contributed by atoms with Crippen LogP contribution >= 0.6 is 15.9 Å². The number of carbonyl (C=O) groups excluding carboxylic acids is 2.